The molecule has 0 radical (unpaired) electrons. The van der Waals surface area contributed by atoms with E-state index in [1.165, 1.54) is 0 Å². The van der Waals surface area contributed by atoms with Gasteiger partial charge in [-0.1, -0.05) is 0 Å². The van der Waals surface area contributed by atoms with Crippen LogP contribution in [0.15, 0.2) is 33.5 Å². The minimum atomic E-state index is 0.447. The van der Waals surface area contributed by atoms with Crippen molar-refractivity contribution in [1.82, 2.24) is 14.8 Å². The second kappa shape index (κ2) is 3.70. The molecule has 0 amide bonds. The number of pyridine rings is 1. The molecule has 0 saturated heterocycles. The fourth-order valence-corrected chi connectivity index (χ4v) is 1.73. The second-order valence-electron chi connectivity index (χ2n) is 2.62. The van der Waals surface area contributed by atoms with E-state index in [2.05, 4.69) is 41.9 Å². The van der Waals surface area contributed by atoms with Crippen molar-refractivity contribution in [2.45, 2.75) is 0 Å². The first kappa shape index (κ1) is 9.67. The van der Waals surface area contributed by atoms with Crippen molar-refractivity contribution in [3.05, 3.63) is 33.5 Å². The summed E-state index contributed by atoms with van der Waals surface area (Å²) in [6.45, 7) is 0. The van der Waals surface area contributed by atoms with Crippen LogP contribution in [0.2, 0.25) is 0 Å². The first-order valence-corrected chi connectivity index (χ1v) is 5.38. The van der Waals surface area contributed by atoms with E-state index in [9.17, 15) is 0 Å². The molecule has 2 aromatic heterocycles. The topological polar surface area (TPSA) is 56.7 Å². The molecule has 0 spiro atoms. The van der Waals surface area contributed by atoms with Gasteiger partial charge in [-0.2, -0.15) is 0 Å². The first-order valence-electron chi connectivity index (χ1n) is 3.80. The van der Waals surface area contributed by atoms with Crippen molar-refractivity contribution in [3.63, 3.8) is 0 Å². The standard InChI is InChI=1S/C8H6Br2N4/c9-5-2-1-3-12-8(5)14-4-6(10)7(11)13-14/h1-4H,(H2,11,13). The maximum atomic E-state index is 5.61. The Hall–Kier alpha value is -0.880. The van der Waals surface area contributed by atoms with E-state index in [1.807, 2.05) is 12.1 Å². The quantitative estimate of drug-likeness (QED) is 0.878. The average molecular weight is 318 g/mol. The van der Waals surface area contributed by atoms with E-state index in [0.717, 1.165) is 8.95 Å². The lowest BCUT2D eigenvalue weighted by atomic mass is 10.5. The van der Waals surface area contributed by atoms with E-state index in [4.69, 9.17) is 5.73 Å². The Morgan fingerprint density at radius 3 is 2.64 bits per heavy atom. The van der Waals surface area contributed by atoms with E-state index >= 15 is 0 Å². The van der Waals surface area contributed by atoms with Crippen LogP contribution in [0.4, 0.5) is 5.82 Å². The Kier molecular flexibility index (Phi) is 2.56. The number of hydrogen-bond donors (Lipinski definition) is 1. The fraction of sp³-hybridized carbons (Fsp3) is 0. The average Bonchev–Trinajstić information content (AvgIpc) is 2.48. The van der Waals surface area contributed by atoms with Gasteiger partial charge in [-0.3, -0.25) is 0 Å². The molecule has 0 saturated carbocycles. The molecule has 72 valence electrons. The van der Waals surface area contributed by atoms with Gasteiger partial charge in [0.2, 0.25) is 0 Å². The zero-order chi connectivity index (χ0) is 10.1. The summed E-state index contributed by atoms with van der Waals surface area (Å²) in [5, 5.41) is 4.10. The van der Waals surface area contributed by atoms with Gasteiger partial charge in [0.05, 0.1) is 8.95 Å². The number of nitrogen functional groups attached to an aromatic ring is 1. The molecule has 0 aliphatic carbocycles. The number of hydrogen-bond acceptors (Lipinski definition) is 3. The van der Waals surface area contributed by atoms with Gasteiger partial charge < -0.3 is 5.73 Å². The minimum absolute atomic E-state index is 0.447. The normalized spacial score (nSPS) is 10.4. The number of nitrogens with two attached hydrogens (primary N) is 1. The number of anilines is 1. The third-order valence-corrected chi connectivity index (χ3v) is 2.88. The van der Waals surface area contributed by atoms with Crippen molar-refractivity contribution in [2.24, 2.45) is 0 Å². The highest BCUT2D eigenvalue weighted by atomic mass is 79.9. The summed E-state index contributed by atoms with van der Waals surface area (Å²) in [5.41, 5.74) is 5.61. The van der Waals surface area contributed by atoms with E-state index in [-0.39, 0.29) is 0 Å². The summed E-state index contributed by atoms with van der Waals surface area (Å²) in [5.74, 6) is 1.16. The van der Waals surface area contributed by atoms with E-state index < -0.39 is 0 Å². The van der Waals surface area contributed by atoms with Crippen LogP contribution in [0.3, 0.4) is 0 Å². The van der Waals surface area contributed by atoms with Crippen LogP contribution in [0.5, 0.6) is 0 Å². The first-order chi connectivity index (χ1) is 6.68. The highest BCUT2D eigenvalue weighted by molar-refractivity contribution is 9.11. The molecule has 0 atom stereocenters. The largest absolute Gasteiger partial charge is 0.381 e. The predicted octanol–water partition coefficient (Wildman–Crippen LogP) is 2.37. The molecule has 0 unspecified atom stereocenters. The fourth-order valence-electron chi connectivity index (χ4n) is 1.02. The SMILES string of the molecule is Nc1nn(-c2ncccc2Br)cc1Br. The van der Waals surface area contributed by atoms with Gasteiger partial charge >= 0.3 is 0 Å². The molecular weight excluding hydrogens is 312 g/mol. The van der Waals surface area contributed by atoms with Gasteiger partial charge in [-0.25, -0.2) is 9.67 Å². The van der Waals surface area contributed by atoms with Gasteiger partial charge in [0.15, 0.2) is 11.6 Å². The molecule has 0 aliphatic rings. The zero-order valence-electron chi connectivity index (χ0n) is 6.98. The third-order valence-electron chi connectivity index (χ3n) is 1.65. The molecule has 0 aliphatic heterocycles. The van der Waals surface area contributed by atoms with Gasteiger partial charge in [0, 0.05) is 12.4 Å². The summed E-state index contributed by atoms with van der Waals surface area (Å²) in [6, 6.07) is 3.74. The summed E-state index contributed by atoms with van der Waals surface area (Å²) >= 11 is 6.67. The van der Waals surface area contributed by atoms with Crippen LogP contribution >= 0.6 is 31.9 Å². The molecule has 2 heterocycles. The Morgan fingerprint density at radius 2 is 2.07 bits per heavy atom. The molecular formula is C8H6Br2N4. The maximum Gasteiger partial charge on any atom is 0.167 e. The number of halogens is 2. The van der Waals surface area contributed by atoms with Crippen LogP contribution in [0.25, 0.3) is 5.82 Å². The molecule has 2 aromatic rings. The summed E-state index contributed by atoms with van der Waals surface area (Å²) in [6.07, 6.45) is 3.47. The Bertz CT molecular complexity index is 447. The number of rotatable bonds is 1. The molecule has 14 heavy (non-hydrogen) atoms. The van der Waals surface area contributed by atoms with Crippen molar-refractivity contribution in [2.75, 3.05) is 5.73 Å². The minimum Gasteiger partial charge on any atom is -0.381 e. The lowest BCUT2D eigenvalue weighted by molar-refractivity contribution is 0.846. The molecule has 2 rings (SSSR count). The molecule has 0 bridgehead atoms. The van der Waals surface area contributed by atoms with E-state index in [1.54, 1.807) is 17.1 Å². The van der Waals surface area contributed by atoms with Crippen molar-refractivity contribution < 1.29 is 0 Å². The van der Waals surface area contributed by atoms with Crippen molar-refractivity contribution in [1.29, 1.82) is 0 Å². The van der Waals surface area contributed by atoms with Crippen LogP contribution in [0.1, 0.15) is 0 Å². The lowest BCUT2D eigenvalue weighted by Crippen LogP contribution is -1.99. The van der Waals surface area contributed by atoms with Crippen molar-refractivity contribution in [3.8, 4) is 5.82 Å². The Labute approximate surface area is 97.4 Å². The van der Waals surface area contributed by atoms with E-state index in [0.29, 0.717) is 11.6 Å². The summed E-state index contributed by atoms with van der Waals surface area (Å²) in [7, 11) is 0. The summed E-state index contributed by atoms with van der Waals surface area (Å²) < 4.78 is 3.24. The zero-order valence-corrected chi connectivity index (χ0v) is 10.2. The summed E-state index contributed by atoms with van der Waals surface area (Å²) in [4.78, 5) is 4.18. The highest BCUT2D eigenvalue weighted by Crippen LogP contribution is 2.22. The maximum absolute atomic E-state index is 5.61. The van der Waals surface area contributed by atoms with Crippen LogP contribution in [-0.4, -0.2) is 14.8 Å². The van der Waals surface area contributed by atoms with Crippen LogP contribution in [0, 0.1) is 0 Å². The van der Waals surface area contributed by atoms with Crippen molar-refractivity contribution >= 4 is 37.7 Å². The number of aromatic nitrogens is 3. The smallest absolute Gasteiger partial charge is 0.167 e. The lowest BCUT2D eigenvalue weighted by Gasteiger charge is -2.00. The molecule has 0 aromatic carbocycles. The molecule has 4 nitrogen and oxygen atoms in total. The highest BCUT2D eigenvalue weighted by Gasteiger charge is 2.07. The molecule has 2 N–H and O–H groups in total. The molecule has 6 heteroatoms. The van der Waals surface area contributed by atoms with Gasteiger partial charge in [-0.05, 0) is 44.0 Å². The van der Waals surface area contributed by atoms with Gasteiger partial charge in [0.1, 0.15) is 0 Å². The Balaban J connectivity index is 2.55. The van der Waals surface area contributed by atoms with Crippen LogP contribution in [-0.2, 0) is 0 Å². The third kappa shape index (κ3) is 1.67. The van der Waals surface area contributed by atoms with Gasteiger partial charge in [-0.15, -0.1) is 5.10 Å². The second-order valence-corrected chi connectivity index (χ2v) is 4.32. The monoisotopic (exact) mass is 316 g/mol. The predicted molar refractivity (Wildman–Crippen MR) is 61.2 cm³/mol. The van der Waals surface area contributed by atoms with Gasteiger partial charge in [0.25, 0.3) is 0 Å². The molecule has 0 fully saturated rings. The number of nitrogens with zero attached hydrogens (tertiary/aromatic N) is 3. The Morgan fingerprint density at radius 1 is 1.29 bits per heavy atom. The van der Waals surface area contributed by atoms with Crippen LogP contribution < -0.4 is 5.73 Å².